The third kappa shape index (κ3) is 3.50. The zero-order valence-electron chi connectivity index (χ0n) is 16.2. The molecule has 2 aromatic carbocycles. The quantitative estimate of drug-likeness (QED) is 0.671. The van der Waals surface area contributed by atoms with Gasteiger partial charge in [0, 0.05) is 18.5 Å². The molecule has 1 aromatic heterocycles. The fourth-order valence-corrected chi connectivity index (χ4v) is 3.66. The molecule has 0 aliphatic rings. The van der Waals surface area contributed by atoms with Gasteiger partial charge in [0.15, 0.2) is 0 Å². The summed E-state index contributed by atoms with van der Waals surface area (Å²) in [4.78, 5) is 11.4. The first-order valence-corrected chi connectivity index (χ1v) is 9.44. The van der Waals surface area contributed by atoms with Gasteiger partial charge in [0.05, 0.1) is 5.52 Å². The number of nitrogens with zero attached hydrogens (tertiary/aromatic N) is 3. The number of hydrogen-bond acceptors (Lipinski definition) is 4. The number of benzene rings is 2. The van der Waals surface area contributed by atoms with Crippen LogP contribution in [0, 0.1) is 13.8 Å². The fourth-order valence-electron chi connectivity index (χ4n) is 3.66. The maximum Gasteiger partial charge on any atom is 0.222 e. The van der Waals surface area contributed by atoms with E-state index < -0.39 is 0 Å². The van der Waals surface area contributed by atoms with Crippen molar-refractivity contribution in [2.75, 3.05) is 23.7 Å². The highest BCUT2D eigenvalue weighted by molar-refractivity contribution is 5.93. The van der Waals surface area contributed by atoms with Gasteiger partial charge >= 0.3 is 0 Å². The zero-order valence-corrected chi connectivity index (χ0v) is 16.2. The van der Waals surface area contributed by atoms with Crippen molar-refractivity contribution >= 4 is 22.7 Å². The summed E-state index contributed by atoms with van der Waals surface area (Å²) in [5.41, 5.74) is 11.9. The van der Waals surface area contributed by atoms with E-state index in [1.807, 2.05) is 0 Å². The number of hydrogen-bond donors (Lipinski definition) is 1. The Labute approximate surface area is 156 Å². The normalized spacial score (nSPS) is 11.1. The van der Waals surface area contributed by atoms with Gasteiger partial charge in [-0.25, -0.2) is 4.98 Å². The molecule has 0 aliphatic carbocycles. The predicted octanol–water partition coefficient (Wildman–Crippen LogP) is 5.12. The average Bonchev–Trinajstić information content (AvgIpc) is 2.60. The second-order valence-electron chi connectivity index (χ2n) is 6.89. The lowest BCUT2D eigenvalue weighted by atomic mass is 9.95. The molecule has 2 N–H and O–H groups in total. The van der Waals surface area contributed by atoms with Crippen LogP contribution in [0.5, 0.6) is 0 Å². The third-order valence-corrected chi connectivity index (χ3v) is 4.75. The molecule has 0 unspecified atom stereocenters. The van der Waals surface area contributed by atoms with E-state index in [1.54, 1.807) is 0 Å². The van der Waals surface area contributed by atoms with Crippen molar-refractivity contribution < 1.29 is 0 Å². The summed E-state index contributed by atoms with van der Waals surface area (Å²) in [5, 5.41) is 1.07. The second-order valence-corrected chi connectivity index (χ2v) is 6.89. The Morgan fingerprint density at radius 2 is 1.58 bits per heavy atom. The third-order valence-electron chi connectivity index (χ3n) is 4.75. The topological polar surface area (TPSA) is 55.0 Å². The predicted molar refractivity (Wildman–Crippen MR) is 112 cm³/mol. The lowest BCUT2D eigenvalue weighted by Crippen LogP contribution is -2.26. The minimum Gasteiger partial charge on any atom is -0.368 e. The molecule has 0 bridgehead atoms. The standard InChI is InChI=1S/C22H28N4/c1-5-12-26(13-6-2)21-18-11-10-17(14-19(18)24-22(23)25-21)20-15(3)8-7-9-16(20)4/h7-11,14H,5-6,12-13H2,1-4H3,(H2,23,24,25). The number of aromatic nitrogens is 2. The number of nitrogens with two attached hydrogens (primary N) is 1. The maximum atomic E-state index is 6.05. The Kier molecular flexibility index (Phi) is 5.40. The van der Waals surface area contributed by atoms with E-state index in [0.717, 1.165) is 42.7 Å². The Balaban J connectivity index is 2.17. The molecule has 4 heteroatoms. The van der Waals surface area contributed by atoms with Gasteiger partial charge in [0.2, 0.25) is 5.95 Å². The average molecular weight is 348 g/mol. The van der Waals surface area contributed by atoms with Crippen LogP contribution in [0.15, 0.2) is 36.4 Å². The van der Waals surface area contributed by atoms with Crippen LogP contribution in [-0.2, 0) is 0 Å². The van der Waals surface area contributed by atoms with Gasteiger partial charge in [-0.15, -0.1) is 0 Å². The minimum absolute atomic E-state index is 0.336. The van der Waals surface area contributed by atoms with E-state index in [4.69, 9.17) is 5.73 Å². The second kappa shape index (κ2) is 7.73. The molecule has 0 aliphatic heterocycles. The van der Waals surface area contributed by atoms with Gasteiger partial charge in [0.1, 0.15) is 5.82 Å². The number of rotatable bonds is 6. The Hall–Kier alpha value is -2.62. The summed E-state index contributed by atoms with van der Waals surface area (Å²) < 4.78 is 0. The molecule has 0 fully saturated rings. The van der Waals surface area contributed by atoms with E-state index in [9.17, 15) is 0 Å². The number of nitrogen functional groups attached to an aromatic ring is 1. The molecule has 3 aromatic rings. The van der Waals surface area contributed by atoms with Crippen molar-refractivity contribution in [1.82, 2.24) is 9.97 Å². The van der Waals surface area contributed by atoms with Crippen molar-refractivity contribution in [3.05, 3.63) is 47.5 Å². The summed E-state index contributed by atoms with van der Waals surface area (Å²) in [6.45, 7) is 10.6. The number of aryl methyl sites for hydroxylation is 2. The van der Waals surface area contributed by atoms with Crippen LogP contribution in [0.2, 0.25) is 0 Å². The van der Waals surface area contributed by atoms with E-state index in [1.165, 1.54) is 22.3 Å². The van der Waals surface area contributed by atoms with Gasteiger partial charge < -0.3 is 10.6 Å². The summed E-state index contributed by atoms with van der Waals surface area (Å²) in [5.74, 6) is 1.28. The van der Waals surface area contributed by atoms with E-state index in [-0.39, 0.29) is 0 Å². The molecular formula is C22H28N4. The SMILES string of the molecule is CCCN(CCC)c1nc(N)nc2cc(-c3c(C)cccc3C)ccc12. The van der Waals surface area contributed by atoms with E-state index in [2.05, 4.69) is 79.0 Å². The van der Waals surface area contributed by atoms with Gasteiger partial charge in [-0.1, -0.05) is 38.1 Å². The Morgan fingerprint density at radius 3 is 2.19 bits per heavy atom. The van der Waals surface area contributed by atoms with Crippen LogP contribution in [0.4, 0.5) is 11.8 Å². The smallest absolute Gasteiger partial charge is 0.222 e. The monoisotopic (exact) mass is 348 g/mol. The van der Waals surface area contributed by atoms with Crippen molar-refractivity contribution in [2.45, 2.75) is 40.5 Å². The molecular weight excluding hydrogens is 320 g/mol. The van der Waals surface area contributed by atoms with Crippen LogP contribution in [-0.4, -0.2) is 23.1 Å². The first-order valence-electron chi connectivity index (χ1n) is 9.44. The van der Waals surface area contributed by atoms with Crippen molar-refractivity contribution in [3.8, 4) is 11.1 Å². The van der Waals surface area contributed by atoms with Gasteiger partial charge in [-0.05, 0) is 61.1 Å². The molecule has 0 spiro atoms. The summed E-state index contributed by atoms with van der Waals surface area (Å²) in [6, 6.07) is 12.9. The van der Waals surface area contributed by atoms with Crippen molar-refractivity contribution in [1.29, 1.82) is 0 Å². The zero-order chi connectivity index (χ0) is 18.7. The van der Waals surface area contributed by atoms with Gasteiger partial charge in [-0.3, -0.25) is 0 Å². The highest BCUT2D eigenvalue weighted by Crippen LogP contribution is 2.32. The molecule has 0 amide bonds. The summed E-state index contributed by atoms with van der Waals surface area (Å²) >= 11 is 0. The van der Waals surface area contributed by atoms with Crippen LogP contribution in [0.25, 0.3) is 22.0 Å². The van der Waals surface area contributed by atoms with E-state index >= 15 is 0 Å². The van der Waals surface area contributed by atoms with Crippen LogP contribution in [0.1, 0.15) is 37.8 Å². The molecule has 136 valence electrons. The lowest BCUT2D eigenvalue weighted by Gasteiger charge is -2.24. The molecule has 26 heavy (non-hydrogen) atoms. The van der Waals surface area contributed by atoms with Crippen LogP contribution in [0.3, 0.4) is 0 Å². The molecule has 0 saturated carbocycles. The molecule has 4 nitrogen and oxygen atoms in total. The molecule has 3 rings (SSSR count). The van der Waals surface area contributed by atoms with Gasteiger partial charge in [-0.2, -0.15) is 4.98 Å². The van der Waals surface area contributed by atoms with Gasteiger partial charge in [0.25, 0.3) is 0 Å². The first kappa shape index (κ1) is 18.2. The highest BCUT2D eigenvalue weighted by atomic mass is 15.2. The van der Waals surface area contributed by atoms with Crippen molar-refractivity contribution in [3.63, 3.8) is 0 Å². The largest absolute Gasteiger partial charge is 0.368 e. The van der Waals surface area contributed by atoms with Crippen LogP contribution >= 0.6 is 0 Å². The Morgan fingerprint density at radius 1 is 0.923 bits per heavy atom. The summed E-state index contributed by atoms with van der Waals surface area (Å²) in [6.07, 6.45) is 2.15. The Bertz CT molecular complexity index is 891. The molecule has 0 atom stereocenters. The molecule has 1 heterocycles. The van der Waals surface area contributed by atoms with Crippen LogP contribution < -0.4 is 10.6 Å². The molecule has 0 saturated heterocycles. The fraction of sp³-hybridized carbons (Fsp3) is 0.364. The summed E-state index contributed by atoms with van der Waals surface area (Å²) in [7, 11) is 0. The maximum absolute atomic E-state index is 6.05. The number of anilines is 2. The minimum atomic E-state index is 0.336. The van der Waals surface area contributed by atoms with Crippen molar-refractivity contribution in [2.24, 2.45) is 0 Å². The highest BCUT2D eigenvalue weighted by Gasteiger charge is 2.14. The lowest BCUT2D eigenvalue weighted by molar-refractivity contribution is 0.737. The van der Waals surface area contributed by atoms with E-state index in [0.29, 0.717) is 5.95 Å². The first-order chi connectivity index (χ1) is 12.5. The number of fused-ring (bicyclic) bond motifs is 1. The molecule has 0 radical (unpaired) electrons.